The third-order valence-electron chi connectivity index (χ3n) is 4.75. The second-order valence-electron chi connectivity index (χ2n) is 8.42. The molecule has 1 saturated heterocycles. The summed E-state index contributed by atoms with van der Waals surface area (Å²) in [6, 6.07) is 10.3. The molecule has 2 fully saturated rings. The van der Waals surface area contributed by atoms with E-state index in [4.69, 9.17) is 14.2 Å². The van der Waals surface area contributed by atoms with E-state index in [1.54, 1.807) is 0 Å². The van der Waals surface area contributed by atoms with Gasteiger partial charge in [0.05, 0.1) is 23.9 Å². The molecule has 3 rings (SSSR count). The first kappa shape index (κ1) is 18.4. The van der Waals surface area contributed by atoms with Crippen molar-refractivity contribution in [3.05, 3.63) is 54.6 Å². The first-order valence-electron chi connectivity index (χ1n) is 9.09. The van der Waals surface area contributed by atoms with E-state index >= 15 is 0 Å². The molecule has 136 valence electrons. The Bertz CT molecular complexity index is 626. The topological polar surface area (TPSA) is 27.7 Å². The Kier molecular flexibility index (Phi) is 4.93. The van der Waals surface area contributed by atoms with Crippen molar-refractivity contribution in [3.63, 3.8) is 0 Å². The van der Waals surface area contributed by atoms with E-state index in [0.717, 1.165) is 0 Å². The number of hydrogen-bond donors (Lipinski definition) is 0. The van der Waals surface area contributed by atoms with Crippen molar-refractivity contribution in [2.75, 3.05) is 0 Å². The van der Waals surface area contributed by atoms with Crippen LogP contribution in [0.15, 0.2) is 49.1 Å². The highest BCUT2D eigenvalue weighted by Gasteiger charge is 2.58. The summed E-state index contributed by atoms with van der Waals surface area (Å²) in [5.74, 6) is -0.340. The Morgan fingerprint density at radius 1 is 1.04 bits per heavy atom. The Morgan fingerprint density at radius 3 is 2.20 bits per heavy atom. The van der Waals surface area contributed by atoms with Crippen LogP contribution < -0.4 is 0 Å². The molecule has 0 spiro atoms. The molecule has 0 radical (unpaired) electrons. The van der Waals surface area contributed by atoms with Crippen molar-refractivity contribution >= 4 is 6.08 Å². The van der Waals surface area contributed by atoms with Crippen LogP contribution in [0.5, 0.6) is 0 Å². The maximum absolute atomic E-state index is 6.43. The van der Waals surface area contributed by atoms with Gasteiger partial charge in [-0.05, 0) is 40.2 Å². The minimum absolute atomic E-state index is 0.0106. The number of hydrogen-bond acceptors (Lipinski definition) is 3. The third kappa shape index (κ3) is 4.05. The molecular weight excluding hydrogens is 312 g/mol. The summed E-state index contributed by atoms with van der Waals surface area (Å²) in [6.45, 7) is 14.3. The molecule has 0 unspecified atom stereocenters. The van der Waals surface area contributed by atoms with E-state index < -0.39 is 5.79 Å². The van der Waals surface area contributed by atoms with Gasteiger partial charge in [0.1, 0.15) is 0 Å². The van der Waals surface area contributed by atoms with Crippen molar-refractivity contribution in [2.24, 2.45) is 11.8 Å². The van der Waals surface area contributed by atoms with Gasteiger partial charge in [-0.3, -0.25) is 0 Å². The summed E-state index contributed by atoms with van der Waals surface area (Å²) in [6.07, 6.45) is 6.28. The largest absolute Gasteiger partial charge is 0.371 e. The predicted molar refractivity (Wildman–Crippen MR) is 101 cm³/mol. The predicted octanol–water partition coefficient (Wildman–Crippen LogP) is 4.84. The average molecular weight is 342 g/mol. The first-order chi connectivity index (χ1) is 11.7. The van der Waals surface area contributed by atoms with Gasteiger partial charge in [0, 0.05) is 11.8 Å². The van der Waals surface area contributed by atoms with Crippen LogP contribution in [0.3, 0.4) is 0 Å². The van der Waals surface area contributed by atoms with Gasteiger partial charge >= 0.3 is 0 Å². The Morgan fingerprint density at radius 2 is 1.64 bits per heavy atom. The lowest BCUT2D eigenvalue weighted by Crippen LogP contribution is -2.37. The van der Waals surface area contributed by atoms with Gasteiger partial charge in [0.25, 0.3) is 0 Å². The highest BCUT2D eigenvalue weighted by molar-refractivity contribution is 5.49. The zero-order chi connectivity index (χ0) is 18.2. The van der Waals surface area contributed by atoms with E-state index in [1.165, 1.54) is 5.56 Å². The van der Waals surface area contributed by atoms with Gasteiger partial charge in [0.15, 0.2) is 5.79 Å². The lowest BCUT2D eigenvalue weighted by Gasteiger charge is -2.33. The highest BCUT2D eigenvalue weighted by Crippen LogP contribution is 2.48. The monoisotopic (exact) mass is 342 g/mol. The molecule has 3 nitrogen and oxygen atoms in total. The fourth-order valence-corrected chi connectivity index (χ4v) is 3.88. The summed E-state index contributed by atoms with van der Waals surface area (Å²) in [5, 5.41) is 0. The summed E-state index contributed by atoms with van der Waals surface area (Å²) >= 11 is 0. The lowest BCUT2D eigenvalue weighted by atomic mass is 9.97. The van der Waals surface area contributed by atoms with Crippen LogP contribution in [-0.4, -0.2) is 29.7 Å². The molecule has 25 heavy (non-hydrogen) atoms. The third-order valence-corrected chi connectivity index (χ3v) is 4.75. The normalized spacial score (nSPS) is 34.4. The van der Waals surface area contributed by atoms with E-state index in [9.17, 15) is 0 Å². The quantitative estimate of drug-likeness (QED) is 0.733. The van der Waals surface area contributed by atoms with Crippen molar-refractivity contribution in [1.82, 2.24) is 0 Å². The van der Waals surface area contributed by atoms with Crippen LogP contribution in [0.4, 0.5) is 0 Å². The van der Waals surface area contributed by atoms with Gasteiger partial charge in [-0.25, -0.2) is 0 Å². The zero-order valence-corrected chi connectivity index (χ0v) is 15.9. The number of fused-ring (bicyclic) bond motifs is 1. The average Bonchev–Trinajstić information content (AvgIpc) is 2.95. The summed E-state index contributed by atoms with van der Waals surface area (Å²) in [4.78, 5) is 0. The van der Waals surface area contributed by atoms with Crippen LogP contribution in [0, 0.1) is 11.8 Å². The van der Waals surface area contributed by atoms with Crippen LogP contribution >= 0.6 is 0 Å². The number of benzene rings is 1. The minimum Gasteiger partial charge on any atom is -0.371 e. The molecule has 0 N–H and O–H groups in total. The molecular formula is C22H30O3. The van der Waals surface area contributed by atoms with Crippen LogP contribution in [-0.2, 0) is 14.2 Å². The molecule has 0 aromatic heterocycles. The first-order valence-corrected chi connectivity index (χ1v) is 9.09. The van der Waals surface area contributed by atoms with Gasteiger partial charge in [0.2, 0.25) is 0 Å². The summed E-state index contributed by atoms with van der Waals surface area (Å²) in [5.41, 5.74) is 0.938. The molecule has 3 heteroatoms. The molecule has 1 aliphatic heterocycles. The standard InChI is InChI=1S/C22H30O3/c1-7-16-18(23-21(2,3)4)17(14-13-15-11-9-8-10-12-15)20-19(16)24-22(5,6)25-20/h7-14,16-20H,1H2,2-6H3/b14-13+/t16-,17+,18+,19+,20-/m1/s1. The van der Waals surface area contributed by atoms with Gasteiger partial charge in [-0.2, -0.15) is 0 Å². The van der Waals surface area contributed by atoms with Crippen LogP contribution in [0.25, 0.3) is 6.08 Å². The van der Waals surface area contributed by atoms with Crippen molar-refractivity contribution in [1.29, 1.82) is 0 Å². The second-order valence-corrected chi connectivity index (χ2v) is 8.42. The van der Waals surface area contributed by atoms with Crippen LogP contribution in [0.2, 0.25) is 0 Å². The van der Waals surface area contributed by atoms with E-state index in [1.807, 2.05) is 38.1 Å². The Balaban J connectivity index is 1.91. The SMILES string of the molecule is C=C[C@@H]1[C@H](OC(C)(C)C)[C@H](/C=C/c2ccccc2)[C@H]2OC(C)(C)O[C@@H]12. The fourth-order valence-electron chi connectivity index (χ4n) is 3.88. The molecule has 1 saturated carbocycles. The Hall–Kier alpha value is -1.42. The second kappa shape index (κ2) is 6.71. The molecule has 0 amide bonds. The smallest absolute Gasteiger partial charge is 0.163 e. The van der Waals surface area contributed by atoms with Crippen molar-refractivity contribution < 1.29 is 14.2 Å². The fraction of sp³-hybridized carbons (Fsp3) is 0.545. The van der Waals surface area contributed by atoms with Gasteiger partial charge in [-0.1, -0.05) is 48.6 Å². The van der Waals surface area contributed by atoms with Gasteiger partial charge in [-0.15, -0.1) is 6.58 Å². The van der Waals surface area contributed by atoms with E-state index in [0.29, 0.717) is 0 Å². The minimum atomic E-state index is -0.567. The van der Waals surface area contributed by atoms with Gasteiger partial charge < -0.3 is 14.2 Å². The summed E-state index contributed by atoms with van der Waals surface area (Å²) < 4.78 is 18.9. The van der Waals surface area contributed by atoms with E-state index in [2.05, 4.69) is 51.6 Å². The molecule has 0 bridgehead atoms. The number of rotatable bonds is 4. The molecule has 5 atom stereocenters. The highest BCUT2D eigenvalue weighted by atomic mass is 16.8. The molecule has 1 aromatic carbocycles. The van der Waals surface area contributed by atoms with E-state index in [-0.39, 0.29) is 35.7 Å². The van der Waals surface area contributed by atoms with Crippen LogP contribution in [0.1, 0.15) is 40.2 Å². The zero-order valence-electron chi connectivity index (χ0n) is 15.9. The number of ether oxygens (including phenoxy) is 3. The molecule has 1 heterocycles. The maximum Gasteiger partial charge on any atom is 0.163 e. The molecule has 1 aromatic rings. The lowest BCUT2D eigenvalue weighted by molar-refractivity contribution is -0.179. The Labute approximate surface area is 151 Å². The molecule has 2 aliphatic rings. The summed E-state index contributed by atoms with van der Waals surface area (Å²) in [7, 11) is 0. The van der Waals surface area contributed by atoms with Crippen molar-refractivity contribution in [3.8, 4) is 0 Å². The molecule has 1 aliphatic carbocycles. The maximum atomic E-state index is 6.43. The van der Waals surface area contributed by atoms with Crippen molar-refractivity contribution in [2.45, 2.75) is 64.3 Å².